The van der Waals surface area contributed by atoms with Crippen LogP contribution in [0.1, 0.15) is 111 Å². The Balaban J connectivity index is 0.000000173. The molecular formula is C42H51ClFNO5. The van der Waals surface area contributed by atoms with Crippen molar-refractivity contribution >= 4 is 23.4 Å². The maximum atomic E-state index is 12.9. The number of piperidine rings is 1. The first kappa shape index (κ1) is 36.5. The van der Waals surface area contributed by atoms with Gasteiger partial charge in [-0.1, -0.05) is 43.6 Å². The molecule has 7 rings (SSSR count). The van der Waals surface area contributed by atoms with E-state index < -0.39 is 5.60 Å². The zero-order valence-electron chi connectivity index (χ0n) is 29.4. The van der Waals surface area contributed by atoms with E-state index in [9.17, 15) is 24.2 Å². The van der Waals surface area contributed by atoms with E-state index >= 15 is 0 Å². The van der Waals surface area contributed by atoms with Gasteiger partial charge in [-0.2, -0.15) is 0 Å². The van der Waals surface area contributed by atoms with Crippen molar-refractivity contribution in [2.45, 2.75) is 102 Å². The average molecular weight is 704 g/mol. The summed E-state index contributed by atoms with van der Waals surface area (Å²) in [7, 11) is 0. The highest BCUT2D eigenvalue weighted by molar-refractivity contribution is 6.30. The highest BCUT2D eigenvalue weighted by Crippen LogP contribution is 2.61. The van der Waals surface area contributed by atoms with Crippen LogP contribution >= 0.6 is 11.6 Å². The Morgan fingerprint density at radius 2 is 1.68 bits per heavy atom. The van der Waals surface area contributed by atoms with Gasteiger partial charge in [0, 0.05) is 41.9 Å². The fraction of sp³-hybridized carbons (Fsp3) is 0.524. The number of aromatic hydroxyl groups is 1. The van der Waals surface area contributed by atoms with Crippen LogP contribution in [0.3, 0.4) is 0 Å². The molecule has 0 bridgehead atoms. The summed E-state index contributed by atoms with van der Waals surface area (Å²) in [6.07, 6.45) is 9.92. The van der Waals surface area contributed by atoms with E-state index in [1.807, 2.05) is 43.3 Å². The molecule has 1 aliphatic heterocycles. The molecular weight excluding hydrogens is 653 g/mol. The topological polar surface area (TPSA) is 87.1 Å². The molecule has 50 heavy (non-hydrogen) atoms. The molecule has 5 atom stereocenters. The number of esters is 1. The zero-order valence-corrected chi connectivity index (χ0v) is 30.1. The van der Waals surface area contributed by atoms with Gasteiger partial charge in [0.15, 0.2) is 5.78 Å². The Bertz CT molecular complexity index is 1640. The maximum Gasteiger partial charge on any atom is 0.305 e. The number of phenolic OH excluding ortho intramolecular Hbond substituents is 1. The summed E-state index contributed by atoms with van der Waals surface area (Å²) in [5, 5.41) is 21.3. The van der Waals surface area contributed by atoms with E-state index in [-0.39, 0.29) is 29.1 Å². The summed E-state index contributed by atoms with van der Waals surface area (Å²) < 4.78 is 18.7. The molecule has 3 aliphatic carbocycles. The number of ketones is 1. The van der Waals surface area contributed by atoms with Gasteiger partial charge in [-0.05, 0) is 147 Å². The Morgan fingerprint density at radius 3 is 2.38 bits per heavy atom. The minimum atomic E-state index is -0.801. The van der Waals surface area contributed by atoms with Crippen molar-refractivity contribution in [2.24, 2.45) is 17.3 Å². The highest BCUT2D eigenvalue weighted by atomic mass is 35.5. The lowest BCUT2D eigenvalue weighted by atomic mass is 9.55. The average Bonchev–Trinajstić information content (AvgIpc) is 3.45. The van der Waals surface area contributed by atoms with Crippen LogP contribution in [0.2, 0.25) is 5.02 Å². The van der Waals surface area contributed by atoms with Crippen LogP contribution in [0.15, 0.2) is 66.7 Å². The molecule has 3 fully saturated rings. The van der Waals surface area contributed by atoms with Crippen LogP contribution in [-0.2, 0) is 21.6 Å². The van der Waals surface area contributed by atoms with E-state index in [0.29, 0.717) is 59.8 Å². The molecule has 2 N–H and O–H groups in total. The van der Waals surface area contributed by atoms with Gasteiger partial charge in [-0.25, -0.2) is 4.39 Å². The summed E-state index contributed by atoms with van der Waals surface area (Å²) in [6.45, 7) is 6.65. The molecule has 0 spiro atoms. The first-order chi connectivity index (χ1) is 24.0. The number of benzene rings is 3. The quantitative estimate of drug-likeness (QED) is 0.180. The van der Waals surface area contributed by atoms with Crippen LogP contribution in [-0.4, -0.2) is 52.6 Å². The van der Waals surface area contributed by atoms with Crippen LogP contribution in [0.4, 0.5) is 4.39 Å². The van der Waals surface area contributed by atoms with Crippen molar-refractivity contribution in [3.63, 3.8) is 0 Å². The third kappa shape index (κ3) is 7.95. The lowest BCUT2D eigenvalue weighted by Crippen LogP contribution is -2.45. The number of likely N-dealkylation sites (tertiary alicyclic amines) is 1. The van der Waals surface area contributed by atoms with Crippen molar-refractivity contribution in [1.29, 1.82) is 0 Å². The lowest BCUT2D eigenvalue weighted by molar-refractivity contribution is -0.157. The van der Waals surface area contributed by atoms with Crippen molar-refractivity contribution in [3.05, 3.63) is 99.8 Å². The number of nitrogens with zero attached hydrogens (tertiary/aromatic N) is 1. The van der Waals surface area contributed by atoms with Gasteiger partial charge in [0.1, 0.15) is 17.7 Å². The molecule has 5 unspecified atom stereocenters. The second kappa shape index (κ2) is 15.5. The Hall–Kier alpha value is -3.26. The number of halogens is 2. The second-order valence-electron chi connectivity index (χ2n) is 15.2. The van der Waals surface area contributed by atoms with Crippen molar-refractivity contribution < 1.29 is 28.9 Å². The summed E-state index contributed by atoms with van der Waals surface area (Å²) in [6, 6.07) is 19.0. The Labute approximate surface area is 301 Å². The van der Waals surface area contributed by atoms with E-state index in [2.05, 4.69) is 17.9 Å². The van der Waals surface area contributed by atoms with Gasteiger partial charge in [-0.3, -0.25) is 9.59 Å². The summed E-state index contributed by atoms with van der Waals surface area (Å²) >= 11 is 5.92. The van der Waals surface area contributed by atoms with Gasteiger partial charge >= 0.3 is 5.97 Å². The molecule has 4 aliphatic rings. The molecule has 2 saturated carbocycles. The number of carbonyl (C=O) groups excluding carboxylic acids is 2. The molecule has 0 aromatic heterocycles. The van der Waals surface area contributed by atoms with E-state index in [1.54, 1.807) is 0 Å². The molecule has 3 aromatic carbocycles. The number of phenols is 1. The minimum Gasteiger partial charge on any atom is -0.508 e. The minimum absolute atomic E-state index is 0.0414. The predicted octanol–water partition coefficient (Wildman–Crippen LogP) is 9.00. The van der Waals surface area contributed by atoms with E-state index in [1.165, 1.54) is 54.7 Å². The first-order valence-corrected chi connectivity index (χ1v) is 18.9. The molecule has 0 amide bonds. The van der Waals surface area contributed by atoms with Crippen LogP contribution in [0.5, 0.6) is 5.75 Å². The smallest absolute Gasteiger partial charge is 0.305 e. The standard InChI is InChI=1S/C21H23ClFNO2.C21H28O3/c22-18-7-5-17(6-8-18)21(26)11-14-24(15-12-21)13-1-2-20(25)16-3-9-19(23)10-4-16;1-3-20(23)24-19-9-8-18-17-6-4-13-12-14(22)5-7-15(13)16(17)10-11-21(18,19)2/h3-10,26H,1-2,11-15H2;5,7,12,16-19,22H,3-4,6,8-11H2,1-2H3. The maximum absolute atomic E-state index is 12.9. The molecule has 1 saturated heterocycles. The normalized spacial score (nSPS) is 26.8. The van der Waals surface area contributed by atoms with Gasteiger partial charge < -0.3 is 19.8 Å². The number of fused-ring (bicyclic) bond motifs is 5. The number of hydrogen-bond donors (Lipinski definition) is 2. The SMILES string of the molecule is CCC(=O)OC1CCC2C3CCc4cc(O)ccc4C3CCC12C.O=C(CCCN1CCC(O)(c2ccc(Cl)cc2)CC1)c1ccc(F)cc1. The number of aliphatic hydroxyl groups is 1. The lowest BCUT2D eigenvalue weighted by Gasteiger charge is -2.50. The van der Waals surface area contributed by atoms with Crippen molar-refractivity contribution in [1.82, 2.24) is 4.90 Å². The number of hydrogen-bond acceptors (Lipinski definition) is 6. The van der Waals surface area contributed by atoms with Gasteiger partial charge in [0.2, 0.25) is 0 Å². The number of Topliss-reactive ketones (excluding diaryl/α,β-unsaturated/α-hetero) is 1. The number of carbonyl (C=O) groups is 2. The zero-order chi connectivity index (χ0) is 35.5. The van der Waals surface area contributed by atoms with Crippen molar-refractivity contribution in [3.8, 4) is 5.75 Å². The highest BCUT2D eigenvalue weighted by Gasteiger charge is 2.56. The van der Waals surface area contributed by atoms with Gasteiger partial charge in [0.25, 0.3) is 0 Å². The molecule has 8 heteroatoms. The third-order valence-electron chi connectivity index (χ3n) is 12.3. The number of rotatable bonds is 8. The fourth-order valence-corrected chi connectivity index (χ4v) is 9.52. The Morgan fingerprint density at radius 1 is 0.960 bits per heavy atom. The molecule has 6 nitrogen and oxygen atoms in total. The third-order valence-corrected chi connectivity index (χ3v) is 12.5. The number of ether oxygens (including phenoxy) is 1. The molecule has 0 radical (unpaired) electrons. The molecule has 1 heterocycles. The second-order valence-corrected chi connectivity index (χ2v) is 15.6. The van der Waals surface area contributed by atoms with Gasteiger partial charge in [-0.15, -0.1) is 0 Å². The van der Waals surface area contributed by atoms with Crippen LogP contribution in [0.25, 0.3) is 0 Å². The van der Waals surface area contributed by atoms with E-state index in [4.69, 9.17) is 16.3 Å². The summed E-state index contributed by atoms with van der Waals surface area (Å²) in [4.78, 5) is 26.2. The number of aryl methyl sites for hydroxylation is 1. The molecule has 268 valence electrons. The fourth-order valence-electron chi connectivity index (χ4n) is 9.39. The summed E-state index contributed by atoms with van der Waals surface area (Å²) in [5.41, 5.74) is 3.62. The molecule has 3 aromatic rings. The largest absolute Gasteiger partial charge is 0.508 e. The van der Waals surface area contributed by atoms with Gasteiger partial charge in [0.05, 0.1) is 5.60 Å². The summed E-state index contributed by atoms with van der Waals surface area (Å²) in [5.74, 6) is 2.03. The van der Waals surface area contributed by atoms with Crippen LogP contribution in [0, 0.1) is 23.1 Å². The first-order valence-electron chi connectivity index (χ1n) is 18.5. The van der Waals surface area contributed by atoms with Crippen LogP contribution < -0.4 is 0 Å². The Kier molecular flexibility index (Phi) is 11.4. The van der Waals surface area contributed by atoms with Crippen molar-refractivity contribution in [2.75, 3.05) is 19.6 Å². The monoisotopic (exact) mass is 703 g/mol. The predicted molar refractivity (Wildman–Crippen MR) is 194 cm³/mol. The van der Waals surface area contributed by atoms with E-state index in [0.717, 1.165) is 50.9 Å².